The number of benzene rings is 2. The van der Waals surface area contributed by atoms with Gasteiger partial charge in [0.15, 0.2) is 6.61 Å². The van der Waals surface area contributed by atoms with E-state index in [-0.39, 0.29) is 30.0 Å². The monoisotopic (exact) mass is 425 g/mol. The van der Waals surface area contributed by atoms with E-state index in [0.29, 0.717) is 17.7 Å². The molecule has 0 aliphatic carbocycles. The first-order valence-corrected chi connectivity index (χ1v) is 9.77. The lowest BCUT2D eigenvalue weighted by Gasteiger charge is -2.08. The summed E-state index contributed by atoms with van der Waals surface area (Å²) in [5.74, 6) is -0.388. The quantitative estimate of drug-likeness (QED) is 0.243. The number of hydrogen-bond donors (Lipinski definition) is 1. The Labute approximate surface area is 178 Å². The maximum absolute atomic E-state index is 12.2. The molecule has 2 aromatic carbocycles. The predicted octanol–water partition coefficient (Wildman–Crippen LogP) is 2.72. The smallest absolute Gasteiger partial charge is 0.349 e. The Hall–Kier alpha value is -3.65. The number of methoxy groups -OCH3 is 1. The minimum atomic E-state index is -0.787. The van der Waals surface area contributed by atoms with Crippen LogP contribution < -0.4 is 20.4 Å². The molecule has 0 fully saturated rings. The predicted molar refractivity (Wildman–Crippen MR) is 114 cm³/mol. The summed E-state index contributed by atoms with van der Waals surface area (Å²) in [6, 6.07) is 13.4. The lowest BCUT2D eigenvalue weighted by molar-refractivity contribution is -0.136. The summed E-state index contributed by atoms with van der Waals surface area (Å²) in [5, 5.41) is 3.09. The molecule has 0 aliphatic rings. The lowest BCUT2D eigenvalue weighted by atomic mass is 10.1. The first-order chi connectivity index (χ1) is 15.0. The van der Waals surface area contributed by atoms with Crippen molar-refractivity contribution in [1.82, 2.24) is 5.32 Å². The number of amides is 1. The third-order valence-corrected chi connectivity index (χ3v) is 4.46. The summed E-state index contributed by atoms with van der Waals surface area (Å²) in [6.45, 7) is 2.38. The van der Waals surface area contributed by atoms with Gasteiger partial charge in [-0.05, 0) is 42.3 Å². The van der Waals surface area contributed by atoms with Crippen molar-refractivity contribution in [3.05, 3.63) is 70.1 Å². The van der Waals surface area contributed by atoms with Gasteiger partial charge >= 0.3 is 11.6 Å². The van der Waals surface area contributed by atoms with Gasteiger partial charge < -0.3 is 23.9 Å². The van der Waals surface area contributed by atoms with Gasteiger partial charge in [0.25, 0.3) is 5.91 Å². The number of esters is 1. The highest BCUT2D eigenvalue weighted by Gasteiger charge is 2.14. The van der Waals surface area contributed by atoms with Gasteiger partial charge in [0, 0.05) is 25.1 Å². The molecule has 8 nitrogen and oxygen atoms in total. The third-order valence-electron chi connectivity index (χ3n) is 4.46. The Morgan fingerprint density at radius 3 is 2.48 bits per heavy atom. The Morgan fingerprint density at radius 1 is 1.03 bits per heavy atom. The summed E-state index contributed by atoms with van der Waals surface area (Å²) in [6.07, 6.45) is 0.917. The van der Waals surface area contributed by atoms with Crippen LogP contribution in [0.3, 0.4) is 0 Å². The van der Waals surface area contributed by atoms with E-state index >= 15 is 0 Å². The van der Waals surface area contributed by atoms with E-state index in [9.17, 15) is 14.4 Å². The fourth-order valence-electron chi connectivity index (χ4n) is 2.80. The third kappa shape index (κ3) is 5.93. The maximum Gasteiger partial charge on any atom is 0.349 e. The van der Waals surface area contributed by atoms with Crippen LogP contribution in [-0.4, -0.2) is 38.7 Å². The van der Waals surface area contributed by atoms with Gasteiger partial charge in [0.1, 0.15) is 22.6 Å². The highest BCUT2D eigenvalue weighted by molar-refractivity contribution is 5.96. The molecule has 1 heterocycles. The van der Waals surface area contributed by atoms with Crippen molar-refractivity contribution in [2.24, 2.45) is 0 Å². The van der Waals surface area contributed by atoms with E-state index in [1.54, 1.807) is 24.3 Å². The van der Waals surface area contributed by atoms with E-state index in [2.05, 4.69) is 12.2 Å². The minimum absolute atomic E-state index is 0.115. The molecule has 0 spiro atoms. The Balaban J connectivity index is 1.64. The summed E-state index contributed by atoms with van der Waals surface area (Å²) < 4.78 is 20.8. The molecule has 0 saturated carbocycles. The molecule has 0 unspecified atom stereocenters. The molecule has 0 bridgehead atoms. The zero-order valence-corrected chi connectivity index (χ0v) is 17.3. The van der Waals surface area contributed by atoms with Gasteiger partial charge in [-0.25, -0.2) is 9.59 Å². The van der Waals surface area contributed by atoms with Crippen molar-refractivity contribution in [2.45, 2.75) is 13.3 Å². The summed E-state index contributed by atoms with van der Waals surface area (Å²) in [4.78, 5) is 36.3. The fraction of sp³-hybridized carbons (Fsp3) is 0.261. The Bertz CT molecular complexity index is 1120. The van der Waals surface area contributed by atoms with E-state index in [1.807, 2.05) is 12.1 Å². The molecule has 162 valence electrons. The molecule has 1 amide bonds. The topological polar surface area (TPSA) is 104 Å². The second-order valence-electron chi connectivity index (χ2n) is 6.66. The Morgan fingerprint density at radius 2 is 1.77 bits per heavy atom. The molecule has 1 aromatic heterocycles. The number of carbonyl (C=O) groups is 2. The first kappa shape index (κ1) is 22.0. The number of carbonyl (C=O) groups excluding carboxylic acids is 2. The van der Waals surface area contributed by atoms with Crippen LogP contribution in [0.15, 0.2) is 57.7 Å². The summed E-state index contributed by atoms with van der Waals surface area (Å²) >= 11 is 0. The van der Waals surface area contributed by atoms with Gasteiger partial charge in [0.2, 0.25) is 0 Å². The molecule has 0 radical (unpaired) electrons. The largest absolute Gasteiger partial charge is 0.482 e. The van der Waals surface area contributed by atoms with E-state index in [4.69, 9.17) is 18.6 Å². The number of aryl methyl sites for hydroxylation is 1. The van der Waals surface area contributed by atoms with Gasteiger partial charge in [0.05, 0.1) is 6.61 Å². The van der Waals surface area contributed by atoms with Gasteiger partial charge in [-0.2, -0.15) is 0 Å². The lowest BCUT2D eigenvalue weighted by Crippen LogP contribution is -2.30. The molecule has 0 aliphatic heterocycles. The number of rotatable bonds is 9. The van der Waals surface area contributed by atoms with Gasteiger partial charge in [-0.3, -0.25) is 4.79 Å². The van der Waals surface area contributed by atoms with Crippen LogP contribution in [0.25, 0.3) is 11.0 Å². The molecule has 8 heteroatoms. The molecule has 0 atom stereocenters. The van der Waals surface area contributed by atoms with Crippen molar-refractivity contribution in [3.63, 3.8) is 0 Å². The van der Waals surface area contributed by atoms with Crippen LogP contribution in [0.5, 0.6) is 11.5 Å². The maximum atomic E-state index is 12.2. The molecular weight excluding hydrogens is 402 g/mol. The van der Waals surface area contributed by atoms with Gasteiger partial charge in [-0.1, -0.05) is 19.1 Å². The van der Waals surface area contributed by atoms with Crippen LogP contribution in [0.2, 0.25) is 0 Å². The van der Waals surface area contributed by atoms with E-state index in [0.717, 1.165) is 6.42 Å². The minimum Gasteiger partial charge on any atom is -0.482 e. The molecule has 1 N–H and O–H groups in total. The molecule has 3 aromatic rings. The van der Waals surface area contributed by atoms with Crippen molar-refractivity contribution in [1.29, 1.82) is 0 Å². The van der Waals surface area contributed by atoms with Crippen LogP contribution in [-0.2, 0) is 16.0 Å². The highest BCUT2D eigenvalue weighted by Crippen LogP contribution is 2.21. The van der Waals surface area contributed by atoms with Crippen molar-refractivity contribution >= 4 is 22.8 Å². The average molecular weight is 425 g/mol. The zero-order chi connectivity index (χ0) is 22.2. The molecule has 31 heavy (non-hydrogen) atoms. The normalized spacial score (nSPS) is 10.6. The van der Waals surface area contributed by atoms with E-state index in [1.165, 1.54) is 24.8 Å². The second kappa shape index (κ2) is 10.4. The molecular formula is C23H23NO7. The van der Waals surface area contributed by atoms with Crippen LogP contribution in [0.1, 0.15) is 22.8 Å². The van der Waals surface area contributed by atoms with Crippen molar-refractivity contribution < 1.29 is 28.2 Å². The summed E-state index contributed by atoms with van der Waals surface area (Å²) in [5.41, 5.74) is 0.462. The Kier molecular flexibility index (Phi) is 7.40. The fourth-order valence-corrected chi connectivity index (χ4v) is 2.80. The summed E-state index contributed by atoms with van der Waals surface area (Å²) in [7, 11) is 1.51. The van der Waals surface area contributed by atoms with Crippen molar-refractivity contribution in [2.75, 3.05) is 26.9 Å². The number of ether oxygens (including phenoxy) is 3. The number of hydrogen-bond acceptors (Lipinski definition) is 7. The van der Waals surface area contributed by atoms with Crippen LogP contribution in [0, 0.1) is 0 Å². The van der Waals surface area contributed by atoms with Gasteiger partial charge in [-0.15, -0.1) is 0 Å². The first-order valence-electron chi connectivity index (χ1n) is 9.77. The second-order valence-corrected chi connectivity index (χ2v) is 6.66. The molecule has 0 saturated heterocycles. The number of nitrogens with one attached hydrogen (secondary N) is 1. The average Bonchev–Trinajstić information content (AvgIpc) is 2.77. The van der Waals surface area contributed by atoms with Crippen LogP contribution >= 0.6 is 0 Å². The zero-order valence-electron chi connectivity index (χ0n) is 17.3. The van der Waals surface area contributed by atoms with Crippen molar-refractivity contribution in [3.8, 4) is 11.5 Å². The highest BCUT2D eigenvalue weighted by atomic mass is 16.6. The number of fused-ring (bicyclic) bond motifs is 1. The van der Waals surface area contributed by atoms with Crippen LogP contribution in [0.4, 0.5) is 0 Å². The SMILES string of the molecule is CCc1ccc(OCC(=O)Oc2ccc3cc(C(=O)NCCOC)c(=O)oc3c2)cc1. The molecule has 3 rings (SSSR count). The standard InChI is InChI=1S/C23H23NO7/c1-3-15-4-7-17(8-5-15)29-14-21(25)30-18-9-6-16-12-19(22(26)24-10-11-28-2)23(27)31-20(16)13-18/h4-9,12-13H,3,10-11,14H2,1-2H3,(H,24,26). The van der Waals surface area contributed by atoms with E-state index < -0.39 is 17.5 Å².